The van der Waals surface area contributed by atoms with E-state index in [2.05, 4.69) is 0 Å². The number of ether oxygens (including phenoxy) is 1. The number of benzene rings is 1. The van der Waals surface area contributed by atoms with E-state index < -0.39 is 18.1 Å². The van der Waals surface area contributed by atoms with E-state index in [1.54, 1.807) is 38.1 Å². The number of carbonyl (C=O) groups excluding carboxylic acids is 1. The topological polar surface area (TPSA) is 26.3 Å². The molecule has 1 unspecified atom stereocenters. The van der Waals surface area contributed by atoms with Gasteiger partial charge in [-0.25, -0.2) is 4.39 Å². The van der Waals surface area contributed by atoms with Gasteiger partial charge in [-0.05, 0) is 25.5 Å². The average Bonchev–Trinajstić information content (AvgIpc) is 2.29. The van der Waals surface area contributed by atoms with Crippen LogP contribution in [-0.2, 0) is 4.79 Å². The van der Waals surface area contributed by atoms with Crippen molar-refractivity contribution in [2.75, 3.05) is 6.67 Å². The van der Waals surface area contributed by atoms with E-state index in [-0.39, 0.29) is 0 Å². The van der Waals surface area contributed by atoms with Gasteiger partial charge < -0.3 is 4.74 Å². The van der Waals surface area contributed by atoms with Crippen LogP contribution in [0.3, 0.4) is 0 Å². The smallest absolute Gasteiger partial charge is 0.319 e. The summed E-state index contributed by atoms with van der Waals surface area (Å²) >= 11 is 0. The Balaban J connectivity index is 2.71. The first-order valence-corrected chi connectivity index (χ1v) is 4.95. The molecular weight excluding hydrogens is 195 g/mol. The number of hydrogen-bond acceptors (Lipinski definition) is 2. The maximum absolute atomic E-state index is 12.7. The molecule has 2 nitrogen and oxygen atoms in total. The molecule has 0 aliphatic rings. The highest BCUT2D eigenvalue weighted by Gasteiger charge is 2.33. The number of carbonyl (C=O) groups is 1. The number of esters is 1. The molecule has 0 N–H and O–H groups in total. The van der Waals surface area contributed by atoms with Gasteiger partial charge in [0, 0.05) is 0 Å². The molecule has 0 fully saturated rings. The lowest BCUT2D eigenvalue weighted by atomic mass is 9.89. The van der Waals surface area contributed by atoms with E-state index in [9.17, 15) is 9.18 Å². The molecule has 0 heterocycles. The molecule has 0 amide bonds. The molecule has 3 heteroatoms. The Morgan fingerprint density at radius 2 is 2.00 bits per heavy atom. The van der Waals surface area contributed by atoms with E-state index >= 15 is 0 Å². The fraction of sp³-hybridized carbons (Fsp3) is 0.417. The van der Waals surface area contributed by atoms with Crippen LogP contribution in [0.1, 0.15) is 20.3 Å². The molecule has 0 saturated carbocycles. The molecule has 1 aromatic rings. The summed E-state index contributed by atoms with van der Waals surface area (Å²) in [7, 11) is 0. The van der Waals surface area contributed by atoms with E-state index in [0.717, 1.165) is 0 Å². The summed E-state index contributed by atoms with van der Waals surface area (Å²) in [5.74, 6) is -0.0608. The molecule has 1 aromatic carbocycles. The van der Waals surface area contributed by atoms with Gasteiger partial charge in [0.15, 0.2) is 0 Å². The predicted octanol–water partition coefficient (Wildman–Crippen LogP) is 2.98. The molecule has 0 aliphatic heterocycles. The van der Waals surface area contributed by atoms with Gasteiger partial charge in [0.25, 0.3) is 0 Å². The van der Waals surface area contributed by atoms with Crippen LogP contribution in [0.5, 0.6) is 5.75 Å². The summed E-state index contributed by atoms with van der Waals surface area (Å²) in [6.07, 6.45) is 0.426. The average molecular weight is 210 g/mol. The number of para-hydroxylation sites is 1. The number of hydrogen-bond donors (Lipinski definition) is 0. The van der Waals surface area contributed by atoms with Gasteiger partial charge >= 0.3 is 5.97 Å². The zero-order chi connectivity index (χ0) is 11.3. The normalized spacial score (nSPS) is 14.3. The van der Waals surface area contributed by atoms with Crippen molar-refractivity contribution >= 4 is 5.97 Å². The van der Waals surface area contributed by atoms with Crippen molar-refractivity contribution in [3.63, 3.8) is 0 Å². The Kier molecular flexibility index (Phi) is 3.83. The third-order valence-electron chi connectivity index (χ3n) is 2.52. The van der Waals surface area contributed by atoms with Crippen LogP contribution < -0.4 is 4.74 Å². The van der Waals surface area contributed by atoms with Gasteiger partial charge in [-0.1, -0.05) is 25.1 Å². The monoisotopic (exact) mass is 210 g/mol. The first-order chi connectivity index (χ1) is 7.12. The Morgan fingerprint density at radius 3 is 2.47 bits per heavy atom. The van der Waals surface area contributed by atoms with E-state index in [1.165, 1.54) is 0 Å². The van der Waals surface area contributed by atoms with Gasteiger partial charge in [-0.2, -0.15) is 0 Å². The van der Waals surface area contributed by atoms with Crippen molar-refractivity contribution in [1.82, 2.24) is 0 Å². The lowest BCUT2D eigenvalue weighted by Crippen LogP contribution is -2.33. The summed E-state index contributed by atoms with van der Waals surface area (Å²) in [4.78, 5) is 11.6. The molecule has 0 bridgehead atoms. The largest absolute Gasteiger partial charge is 0.426 e. The molecule has 1 atom stereocenters. The van der Waals surface area contributed by atoms with E-state index in [1.807, 2.05) is 6.07 Å². The standard InChI is InChI=1S/C12H15FO2/c1-3-12(2,9-13)11(14)15-10-7-5-4-6-8-10/h4-8H,3,9H2,1-2H3. The number of rotatable bonds is 4. The fourth-order valence-corrected chi connectivity index (χ4v) is 1.01. The van der Waals surface area contributed by atoms with Crippen LogP contribution in [0, 0.1) is 5.41 Å². The molecule has 1 rings (SSSR count). The van der Waals surface area contributed by atoms with Crippen LogP contribution >= 0.6 is 0 Å². The zero-order valence-corrected chi connectivity index (χ0v) is 9.00. The zero-order valence-electron chi connectivity index (χ0n) is 9.00. The van der Waals surface area contributed by atoms with Crippen molar-refractivity contribution in [2.24, 2.45) is 5.41 Å². The lowest BCUT2D eigenvalue weighted by molar-refractivity contribution is -0.146. The van der Waals surface area contributed by atoms with Crippen molar-refractivity contribution in [2.45, 2.75) is 20.3 Å². The molecule has 0 radical (unpaired) electrons. The highest BCUT2D eigenvalue weighted by molar-refractivity contribution is 5.78. The van der Waals surface area contributed by atoms with Gasteiger partial charge in [0.05, 0.1) is 5.41 Å². The molecule has 0 aromatic heterocycles. The Bertz CT molecular complexity index is 318. The van der Waals surface area contributed by atoms with Gasteiger partial charge in [0.2, 0.25) is 0 Å². The number of alkyl halides is 1. The predicted molar refractivity (Wildman–Crippen MR) is 56.5 cm³/mol. The van der Waals surface area contributed by atoms with E-state index in [4.69, 9.17) is 4.74 Å². The van der Waals surface area contributed by atoms with E-state index in [0.29, 0.717) is 12.2 Å². The third kappa shape index (κ3) is 2.78. The van der Waals surface area contributed by atoms with Crippen LogP contribution in [-0.4, -0.2) is 12.6 Å². The second-order valence-corrected chi connectivity index (χ2v) is 3.75. The first kappa shape index (κ1) is 11.7. The molecule has 0 aliphatic carbocycles. The van der Waals surface area contributed by atoms with Crippen LogP contribution in [0.25, 0.3) is 0 Å². The van der Waals surface area contributed by atoms with Gasteiger partial charge in [-0.3, -0.25) is 4.79 Å². The summed E-state index contributed by atoms with van der Waals surface area (Å²) in [5, 5.41) is 0. The summed E-state index contributed by atoms with van der Waals surface area (Å²) in [6.45, 7) is 2.64. The second-order valence-electron chi connectivity index (χ2n) is 3.75. The maximum atomic E-state index is 12.7. The summed E-state index contributed by atoms with van der Waals surface area (Å²) < 4.78 is 17.8. The molecular formula is C12H15FO2. The Hall–Kier alpha value is -1.38. The molecule has 15 heavy (non-hydrogen) atoms. The molecule has 0 saturated heterocycles. The quantitative estimate of drug-likeness (QED) is 0.564. The third-order valence-corrected chi connectivity index (χ3v) is 2.52. The first-order valence-electron chi connectivity index (χ1n) is 4.95. The van der Waals surface area contributed by atoms with Crippen molar-refractivity contribution < 1.29 is 13.9 Å². The maximum Gasteiger partial charge on any atom is 0.319 e. The minimum Gasteiger partial charge on any atom is -0.426 e. The molecule has 0 spiro atoms. The highest BCUT2D eigenvalue weighted by atomic mass is 19.1. The van der Waals surface area contributed by atoms with Crippen LogP contribution in [0.15, 0.2) is 30.3 Å². The SMILES string of the molecule is CCC(C)(CF)C(=O)Oc1ccccc1. The second kappa shape index (κ2) is 4.91. The van der Waals surface area contributed by atoms with Gasteiger partial charge in [0.1, 0.15) is 12.4 Å². The highest BCUT2D eigenvalue weighted by Crippen LogP contribution is 2.24. The van der Waals surface area contributed by atoms with Crippen molar-refractivity contribution in [1.29, 1.82) is 0 Å². The Morgan fingerprint density at radius 1 is 1.40 bits per heavy atom. The van der Waals surface area contributed by atoms with Gasteiger partial charge in [-0.15, -0.1) is 0 Å². The number of halogens is 1. The van der Waals surface area contributed by atoms with Crippen molar-refractivity contribution in [3.05, 3.63) is 30.3 Å². The minimum atomic E-state index is -1.03. The lowest BCUT2D eigenvalue weighted by Gasteiger charge is -2.21. The fourth-order valence-electron chi connectivity index (χ4n) is 1.01. The van der Waals surface area contributed by atoms with Crippen molar-refractivity contribution in [3.8, 4) is 5.75 Å². The summed E-state index contributed by atoms with van der Waals surface area (Å²) in [6, 6.07) is 8.70. The molecule has 82 valence electrons. The van der Waals surface area contributed by atoms with Crippen LogP contribution in [0.4, 0.5) is 4.39 Å². The summed E-state index contributed by atoms with van der Waals surface area (Å²) in [5.41, 5.74) is -1.03. The van der Waals surface area contributed by atoms with Crippen LogP contribution in [0.2, 0.25) is 0 Å². The minimum absolute atomic E-state index is 0.426. The Labute approximate surface area is 89.1 Å².